The van der Waals surface area contributed by atoms with E-state index >= 15 is 0 Å². The average molecular weight is 222 g/mol. The SMILES string of the molecule is CCc1nc(Cc2nnc(N)o2)nn1CC. The molecule has 7 nitrogen and oxygen atoms in total. The molecular formula is C9H14N6O. The van der Waals surface area contributed by atoms with Gasteiger partial charge in [0.1, 0.15) is 5.82 Å². The van der Waals surface area contributed by atoms with Crippen molar-refractivity contribution in [3.05, 3.63) is 17.5 Å². The first kappa shape index (κ1) is 10.6. The monoisotopic (exact) mass is 222 g/mol. The van der Waals surface area contributed by atoms with Gasteiger partial charge in [0.25, 0.3) is 0 Å². The van der Waals surface area contributed by atoms with Crippen LogP contribution in [-0.2, 0) is 19.4 Å². The fraction of sp³-hybridized carbons (Fsp3) is 0.556. The van der Waals surface area contributed by atoms with E-state index in [9.17, 15) is 0 Å². The number of aromatic nitrogens is 5. The van der Waals surface area contributed by atoms with Crippen molar-refractivity contribution in [2.75, 3.05) is 5.73 Å². The normalized spacial score (nSPS) is 10.9. The summed E-state index contributed by atoms with van der Waals surface area (Å²) in [5, 5.41) is 11.7. The molecule has 7 heteroatoms. The van der Waals surface area contributed by atoms with Crippen molar-refractivity contribution in [2.24, 2.45) is 0 Å². The van der Waals surface area contributed by atoms with Crippen molar-refractivity contribution >= 4 is 6.01 Å². The van der Waals surface area contributed by atoms with Crippen molar-refractivity contribution in [1.82, 2.24) is 25.0 Å². The standard InChI is InChI=1S/C9H14N6O/c1-3-7-11-6(14-15(7)4-2)5-8-12-13-9(10)16-8/h3-5H2,1-2H3,(H2,10,13). The fourth-order valence-corrected chi connectivity index (χ4v) is 1.49. The second-order valence-electron chi connectivity index (χ2n) is 3.32. The van der Waals surface area contributed by atoms with Crippen LogP contribution >= 0.6 is 0 Å². The molecule has 0 saturated carbocycles. The van der Waals surface area contributed by atoms with E-state index in [2.05, 4.69) is 20.3 Å². The summed E-state index contributed by atoms with van der Waals surface area (Å²) in [5.74, 6) is 2.08. The predicted octanol–water partition coefficient (Wildman–Crippen LogP) is 0.416. The lowest BCUT2D eigenvalue weighted by Crippen LogP contribution is -2.02. The van der Waals surface area contributed by atoms with Gasteiger partial charge in [0.15, 0.2) is 5.82 Å². The summed E-state index contributed by atoms with van der Waals surface area (Å²) in [4.78, 5) is 4.39. The minimum atomic E-state index is 0.0700. The van der Waals surface area contributed by atoms with Crippen molar-refractivity contribution in [2.45, 2.75) is 33.2 Å². The molecule has 0 bridgehead atoms. The molecular weight excluding hydrogens is 208 g/mol. The van der Waals surface area contributed by atoms with E-state index in [-0.39, 0.29) is 6.01 Å². The second-order valence-corrected chi connectivity index (χ2v) is 3.32. The number of nitrogens with two attached hydrogens (primary N) is 1. The van der Waals surface area contributed by atoms with Gasteiger partial charge in [0.2, 0.25) is 5.89 Å². The van der Waals surface area contributed by atoms with Crippen molar-refractivity contribution in [3.63, 3.8) is 0 Å². The van der Waals surface area contributed by atoms with Crippen LogP contribution in [0.2, 0.25) is 0 Å². The van der Waals surface area contributed by atoms with E-state index < -0.39 is 0 Å². The minimum absolute atomic E-state index is 0.0700. The Morgan fingerprint density at radius 1 is 1.31 bits per heavy atom. The van der Waals surface area contributed by atoms with E-state index in [1.165, 1.54) is 0 Å². The summed E-state index contributed by atoms with van der Waals surface area (Å²) < 4.78 is 6.94. The number of rotatable bonds is 4. The first-order valence-electron chi connectivity index (χ1n) is 5.23. The average Bonchev–Trinajstić information content (AvgIpc) is 2.85. The van der Waals surface area contributed by atoms with E-state index in [1.54, 1.807) is 0 Å². The molecule has 2 rings (SSSR count). The maximum Gasteiger partial charge on any atom is 0.312 e. The summed E-state index contributed by atoms with van der Waals surface area (Å²) in [6, 6.07) is 0.0700. The Hall–Kier alpha value is -1.92. The van der Waals surface area contributed by atoms with E-state index in [0.717, 1.165) is 18.8 Å². The molecule has 0 aliphatic rings. The highest BCUT2D eigenvalue weighted by Gasteiger charge is 2.11. The predicted molar refractivity (Wildman–Crippen MR) is 56.6 cm³/mol. The maximum absolute atomic E-state index is 5.33. The van der Waals surface area contributed by atoms with Gasteiger partial charge < -0.3 is 10.2 Å². The van der Waals surface area contributed by atoms with Crippen LogP contribution in [0.3, 0.4) is 0 Å². The minimum Gasteiger partial charge on any atom is -0.408 e. The van der Waals surface area contributed by atoms with Crippen molar-refractivity contribution in [3.8, 4) is 0 Å². The number of hydrogen-bond acceptors (Lipinski definition) is 6. The molecule has 16 heavy (non-hydrogen) atoms. The van der Waals surface area contributed by atoms with Gasteiger partial charge in [-0.05, 0) is 6.92 Å². The van der Waals surface area contributed by atoms with Crippen LogP contribution in [0.15, 0.2) is 4.42 Å². The lowest BCUT2D eigenvalue weighted by molar-refractivity contribution is 0.516. The van der Waals surface area contributed by atoms with Crippen LogP contribution in [0, 0.1) is 0 Å². The molecule has 2 N–H and O–H groups in total. The van der Waals surface area contributed by atoms with E-state index in [1.807, 2.05) is 18.5 Å². The van der Waals surface area contributed by atoms with Gasteiger partial charge in [0, 0.05) is 13.0 Å². The summed E-state index contributed by atoms with van der Waals surface area (Å²) in [6.45, 7) is 4.88. The third-order valence-corrected chi connectivity index (χ3v) is 2.20. The smallest absolute Gasteiger partial charge is 0.312 e. The second kappa shape index (κ2) is 4.30. The Kier molecular flexibility index (Phi) is 2.84. The quantitative estimate of drug-likeness (QED) is 0.805. The molecule has 0 aromatic carbocycles. The Bertz CT molecular complexity index is 453. The molecule has 2 aromatic heterocycles. The van der Waals surface area contributed by atoms with Crippen molar-refractivity contribution < 1.29 is 4.42 Å². The number of hydrogen-bond donors (Lipinski definition) is 1. The zero-order valence-corrected chi connectivity index (χ0v) is 9.34. The molecule has 0 saturated heterocycles. The molecule has 86 valence electrons. The van der Waals surface area contributed by atoms with E-state index in [0.29, 0.717) is 18.1 Å². The zero-order valence-electron chi connectivity index (χ0n) is 9.34. The molecule has 2 aromatic rings. The maximum atomic E-state index is 5.33. The first-order chi connectivity index (χ1) is 7.72. The molecule has 0 aliphatic heterocycles. The molecule has 0 atom stereocenters. The van der Waals surface area contributed by atoms with Crippen LogP contribution in [0.5, 0.6) is 0 Å². The van der Waals surface area contributed by atoms with Gasteiger partial charge in [-0.2, -0.15) is 5.10 Å². The largest absolute Gasteiger partial charge is 0.408 e. The third kappa shape index (κ3) is 2.02. The number of anilines is 1. The highest BCUT2D eigenvalue weighted by atomic mass is 16.4. The summed E-state index contributed by atoms with van der Waals surface area (Å²) in [5.41, 5.74) is 5.33. The highest BCUT2D eigenvalue weighted by molar-refractivity contribution is 5.07. The topological polar surface area (TPSA) is 95.7 Å². The Morgan fingerprint density at radius 2 is 2.12 bits per heavy atom. The number of aryl methyl sites for hydroxylation is 2. The van der Waals surface area contributed by atoms with Crippen molar-refractivity contribution in [1.29, 1.82) is 0 Å². The van der Waals surface area contributed by atoms with Gasteiger partial charge in [-0.15, -0.1) is 5.10 Å². The molecule has 0 aliphatic carbocycles. The lowest BCUT2D eigenvalue weighted by atomic mass is 10.4. The lowest BCUT2D eigenvalue weighted by Gasteiger charge is -1.96. The van der Waals surface area contributed by atoms with Crippen LogP contribution in [-0.4, -0.2) is 25.0 Å². The summed E-state index contributed by atoms with van der Waals surface area (Å²) in [7, 11) is 0. The summed E-state index contributed by atoms with van der Waals surface area (Å²) >= 11 is 0. The van der Waals surface area contributed by atoms with Crippen LogP contribution in [0.25, 0.3) is 0 Å². The zero-order chi connectivity index (χ0) is 11.5. The van der Waals surface area contributed by atoms with E-state index in [4.69, 9.17) is 10.2 Å². The number of nitrogens with zero attached hydrogens (tertiary/aromatic N) is 5. The molecule has 0 fully saturated rings. The molecule has 0 spiro atoms. The molecule has 2 heterocycles. The van der Waals surface area contributed by atoms with Gasteiger partial charge in [-0.25, -0.2) is 4.98 Å². The molecule has 0 amide bonds. The highest BCUT2D eigenvalue weighted by Crippen LogP contribution is 2.07. The summed E-state index contributed by atoms with van der Waals surface area (Å²) in [6.07, 6.45) is 1.27. The third-order valence-electron chi connectivity index (χ3n) is 2.20. The first-order valence-corrected chi connectivity index (χ1v) is 5.23. The van der Waals surface area contributed by atoms with Crippen LogP contribution < -0.4 is 5.73 Å². The Balaban J connectivity index is 2.18. The van der Waals surface area contributed by atoms with Crippen LogP contribution in [0.4, 0.5) is 6.01 Å². The van der Waals surface area contributed by atoms with Gasteiger partial charge in [0.05, 0.1) is 6.42 Å². The van der Waals surface area contributed by atoms with Gasteiger partial charge in [-0.1, -0.05) is 12.0 Å². The Morgan fingerprint density at radius 3 is 2.62 bits per heavy atom. The molecule has 0 radical (unpaired) electrons. The van der Waals surface area contributed by atoms with Crippen LogP contribution in [0.1, 0.15) is 31.4 Å². The Labute approximate surface area is 92.7 Å². The van der Waals surface area contributed by atoms with Gasteiger partial charge in [-0.3, -0.25) is 4.68 Å². The van der Waals surface area contributed by atoms with Gasteiger partial charge >= 0.3 is 6.01 Å². The molecule has 0 unspecified atom stereocenters. The number of nitrogen functional groups attached to an aromatic ring is 1. The fourth-order valence-electron chi connectivity index (χ4n) is 1.49.